The van der Waals surface area contributed by atoms with Crippen molar-refractivity contribution in [3.8, 4) is 0 Å². The molecule has 0 spiro atoms. The van der Waals surface area contributed by atoms with Crippen LogP contribution in [-0.2, 0) is 10.2 Å². The van der Waals surface area contributed by atoms with E-state index in [4.69, 9.17) is 4.74 Å². The molecule has 0 atom stereocenters. The zero-order chi connectivity index (χ0) is 11.7. The molecule has 2 heterocycles. The average Bonchev–Trinajstić information content (AvgIpc) is 2.98. The van der Waals surface area contributed by atoms with Crippen molar-refractivity contribution >= 4 is 0 Å². The zero-order valence-corrected chi connectivity index (χ0v) is 10.5. The van der Waals surface area contributed by atoms with Gasteiger partial charge in [-0.2, -0.15) is 0 Å². The van der Waals surface area contributed by atoms with E-state index in [1.165, 1.54) is 24.4 Å². The smallest absolute Gasteiger partial charge is 0.113 e. The Morgan fingerprint density at radius 1 is 1.47 bits per heavy atom. The van der Waals surface area contributed by atoms with Gasteiger partial charge in [0, 0.05) is 43.0 Å². The average molecular weight is 235 g/mol. The molecule has 0 aromatic carbocycles. The second-order valence-electron chi connectivity index (χ2n) is 5.38. The highest BCUT2D eigenvalue weighted by atomic mass is 16.5. The quantitative estimate of drug-likeness (QED) is 0.832. The van der Waals surface area contributed by atoms with Crippen LogP contribution in [0.4, 0.5) is 0 Å². The minimum absolute atomic E-state index is 0.304. The highest BCUT2D eigenvalue weighted by molar-refractivity contribution is 5.22. The number of nitrogens with one attached hydrogen (secondary N) is 2. The minimum Gasteiger partial charge on any atom is -0.381 e. The molecule has 4 heteroatoms. The molecule has 1 aliphatic carbocycles. The van der Waals surface area contributed by atoms with Gasteiger partial charge in [-0.25, -0.2) is 4.98 Å². The molecule has 0 radical (unpaired) electrons. The summed E-state index contributed by atoms with van der Waals surface area (Å²) in [7, 11) is 2.02. The van der Waals surface area contributed by atoms with Crippen LogP contribution in [0.3, 0.4) is 0 Å². The molecular weight excluding hydrogens is 214 g/mol. The van der Waals surface area contributed by atoms with Gasteiger partial charge in [0.2, 0.25) is 0 Å². The lowest BCUT2D eigenvalue weighted by atomic mass is 9.97. The fraction of sp³-hybridized carbons (Fsp3) is 0.769. The van der Waals surface area contributed by atoms with Crippen molar-refractivity contribution in [2.45, 2.75) is 37.0 Å². The number of nitrogens with zero attached hydrogens (tertiary/aromatic N) is 1. The van der Waals surface area contributed by atoms with Crippen LogP contribution in [0.5, 0.6) is 0 Å². The van der Waals surface area contributed by atoms with Crippen LogP contribution in [0.1, 0.15) is 43.1 Å². The zero-order valence-electron chi connectivity index (χ0n) is 10.5. The van der Waals surface area contributed by atoms with Crippen molar-refractivity contribution < 1.29 is 4.74 Å². The number of aromatic nitrogens is 2. The molecule has 0 bridgehead atoms. The number of hydrogen-bond acceptors (Lipinski definition) is 3. The van der Waals surface area contributed by atoms with Gasteiger partial charge in [0.1, 0.15) is 5.82 Å². The van der Waals surface area contributed by atoms with Crippen LogP contribution in [0.2, 0.25) is 0 Å². The van der Waals surface area contributed by atoms with Crippen molar-refractivity contribution in [1.82, 2.24) is 15.3 Å². The van der Waals surface area contributed by atoms with E-state index in [-0.39, 0.29) is 0 Å². The number of hydrogen-bond donors (Lipinski definition) is 2. The fourth-order valence-corrected chi connectivity index (χ4v) is 2.81. The van der Waals surface area contributed by atoms with E-state index in [9.17, 15) is 0 Å². The number of imidazole rings is 1. The Labute approximate surface area is 102 Å². The Morgan fingerprint density at radius 2 is 2.24 bits per heavy atom. The van der Waals surface area contributed by atoms with E-state index in [1.54, 1.807) is 0 Å². The molecule has 0 unspecified atom stereocenters. The summed E-state index contributed by atoms with van der Waals surface area (Å²) in [5.41, 5.74) is 1.61. The largest absolute Gasteiger partial charge is 0.381 e. The van der Waals surface area contributed by atoms with Gasteiger partial charge >= 0.3 is 0 Å². The predicted molar refractivity (Wildman–Crippen MR) is 66.2 cm³/mol. The third-order valence-corrected chi connectivity index (χ3v) is 4.13. The molecule has 2 fully saturated rings. The van der Waals surface area contributed by atoms with Crippen LogP contribution in [0.25, 0.3) is 0 Å². The van der Waals surface area contributed by atoms with Crippen molar-refractivity contribution in [2.24, 2.45) is 0 Å². The second kappa shape index (κ2) is 4.42. The first-order chi connectivity index (χ1) is 8.34. The summed E-state index contributed by atoms with van der Waals surface area (Å²) in [6, 6.07) is 0. The van der Waals surface area contributed by atoms with Crippen molar-refractivity contribution in [3.63, 3.8) is 0 Å². The van der Waals surface area contributed by atoms with Crippen molar-refractivity contribution in [2.75, 3.05) is 26.8 Å². The van der Waals surface area contributed by atoms with Gasteiger partial charge in [0.05, 0.1) is 0 Å². The van der Waals surface area contributed by atoms with Gasteiger partial charge < -0.3 is 15.0 Å². The summed E-state index contributed by atoms with van der Waals surface area (Å²) in [6.07, 6.45) is 6.81. The van der Waals surface area contributed by atoms with E-state index in [0.717, 1.165) is 32.6 Å². The molecule has 0 amide bonds. The molecule has 1 saturated heterocycles. The van der Waals surface area contributed by atoms with Crippen molar-refractivity contribution in [3.05, 3.63) is 17.7 Å². The summed E-state index contributed by atoms with van der Waals surface area (Å²) < 4.78 is 5.40. The Kier molecular flexibility index (Phi) is 2.92. The van der Waals surface area contributed by atoms with Crippen LogP contribution in [0, 0.1) is 0 Å². The van der Waals surface area contributed by atoms with E-state index in [2.05, 4.69) is 15.3 Å². The molecule has 2 N–H and O–H groups in total. The summed E-state index contributed by atoms with van der Waals surface area (Å²) in [6.45, 7) is 2.81. The first-order valence-corrected chi connectivity index (χ1v) is 6.62. The van der Waals surface area contributed by atoms with Crippen molar-refractivity contribution in [1.29, 1.82) is 0 Å². The molecule has 2 aliphatic rings. The van der Waals surface area contributed by atoms with E-state index in [0.29, 0.717) is 11.3 Å². The number of aromatic amines is 1. The van der Waals surface area contributed by atoms with Gasteiger partial charge in [-0.15, -0.1) is 0 Å². The maximum absolute atomic E-state index is 5.40. The topological polar surface area (TPSA) is 49.9 Å². The first-order valence-electron chi connectivity index (χ1n) is 6.62. The van der Waals surface area contributed by atoms with Crippen LogP contribution < -0.4 is 5.32 Å². The Morgan fingerprint density at radius 3 is 2.88 bits per heavy atom. The summed E-state index contributed by atoms with van der Waals surface area (Å²) in [5.74, 6) is 1.81. The van der Waals surface area contributed by atoms with Gasteiger partial charge in [-0.1, -0.05) is 0 Å². The Bertz CT molecular complexity index is 378. The number of likely N-dealkylation sites (N-methyl/N-ethyl adjacent to an activating group) is 1. The number of ether oxygens (including phenoxy) is 1. The molecule has 1 aliphatic heterocycles. The molecule has 1 saturated carbocycles. The summed E-state index contributed by atoms with van der Waals surface area (Å²) in [5, 5.41) is 3.28. The van der Waals surface area contributed by atoms with E-state index < -0.39 is 0 Å². The highest BCUT2D eigenvalue weighted by Crippen LogP contribution is 2.46. The first kappa shape index (κ1) is 11.2. The minimum atomic E-state index is 0.304. The van der Waals surface area contributed by atoms with E-state index >= 15 is 0 Å². The van der Waals surface area contributed by atoms with Gasteiger partial charge in [0.25, 0.3) is 0 Å². The summed E-state index contributed by atoms with van der Waals surface area (Å²) in [4.78, 5) is 8.17. The monoisotopic (exact) mass is 235 g/mol. The van der Waals surface area contributed by atoms with Gasteiger partial charge in [-0.3, -0.25) is 0 Å². The Hall–Kier alpha value is -0.870. The molecular formula is C13H21N3O. The third-order valence-electron chi connectivity index (χ3n) is 4.13. The Balaban J connectivity index is 1.73. The fourth-order valence-electron chi connectivity index (χ4n) is 2.81. The predicted octanol–water partition coefficient (Wildman–Crippen LogP) is 1.55. The molecule has 4 nitrogen and oxygen atoms in total. The lowest BCUT2D eigenvalue weighted by Gasteiger charge is -2.20. The normalized spacial score (nSPS) is 23.8. The molecule has 17 heavy (non-hydrogen) atoms. The van der Waals surface area contributed by atoms with Gasteiger partial charge in [0.15, 0.2) is 0 Å². The van der Waals surface area contributed by atoms with Crippen LogP contribution in [0.15, 0.2) is 6.20 Å². The van der Waals surface area contributed by atoms with Crippen LogP contribution >= 0.6 is 0 Å². The molecule has 1 aromatic heterocycles. The SMILES string of the molecule is CNCC1(c2ncc(C3CCOCC3)[nH]2)CC1. The number of rotatable bonds is 4. The van der Waals surface area contributed by atoms with Gasteiger partial charge in [-0.05, 0) is 32.7 Å². The standard InChI is InChI=1S/C13H21N3O/c1-14-9-13(4-5-13)12-15-8-11(16-12)10-2-6-17-7-3-10/h8,10,14H,2-7,9H2,1H3,(H,15,16). The van der Waals surface area contributed by atoms with Crippen LogP contribution in [-0.4, -0.2) is 36.8 Å². The maximum atomic E-state index is 5.40. The third kappa shape index (κ3) is 2.11. The highest BCUT2D eigenvalue weighted by Gasteiger charge is 2.46. The second-order valence-corrected chi connectivity index (χ2v) is 5.38. The lowest BCUT2D eigenvalue weighted by Crippen LogP contribution is -2.24. The number of H-pyrrole nitrogens is 1. The molecule has 3 rings (SSSR count). The van der Waals surface area contributed by atoms with E-state index in [1.807, 2.05) is 13.2 Å². The lowest BCUT2D eigenvalue weighted by molar-refractivity contribution is 0.0845. The summed E-state index contributed by atoms with van der Waals surface area (Å²) >= 11 is 0. The molecule has 94 valence electrons. The maximum Gasteiger partial charge on any atom is 0.113 e. The molecule has 1 aromatic rings.